The molecule has 4 nitrogen and oxygen atoms in total. The van der Waals surface area contributed by atoms with Crippen molar-refractivity contribution in [3.8, 4) is 5.75 Å². The van der Waals surface area contributed by atoms with Crippen LogP contribution in [-0.4, -0.2) is 26.1 Å². The average Bonchev–Trinajstić information content (AvgIpc) is 2.55. The topological polar surface area (TPSA) is 42.8 Å². The van der Waals surface area contributed by atoms with Crippen LogP contribution in [0.5, 0.6) is 5.75 Å². The van der Waals surface area contributed by atoms with E-state index in [4.69, 9.17) is 9.47 Å². The number of para-hydroxylation sites is 1. The Morgan fingerprint density at radius 3 is 2.54 bits per heavy atom. The van der Waals surface area contributed by atoms with Crippen LogP contribution in [0.4, 0.5) is 18.9 Å². The van der Waals surface area contributed by atoms with Gasteiger partial charge in [-0.2, -0.15) is 18.3 Å². The zero-order valence-corrected chi connectivity index (χ0v) is 13.0. The Labute approximate surface area is 137 Å². The molecule has 0 saturated heterocycles. The van der Waals surface area contributed by atoms with E-state index in [2.05, 4.69) is 10.5 Å². The standard InChI is InChI=1S/C17H17F3N2O2/c1-23-16-8-7-13(9-14(16)11-24-12-17(18,19)20)10-21-22-15-5-3-2-4-6-15/h2-10,22H,11-12H2,1H3. The summed E-state index contributed by atoms with van der Waals surface area (Å²) in [6.45, 7) is -1.50. The lowest BCUT2D eigenvalue weighted by atomic mass is 10.1. The van der Waals surface area contributed by atoms with Crippen molar-refractivity contribution in [3.63, 3.8) is 0 Å². The molecule has 0 aliphatic rings. The Balaban J connectivity index is 2.01. The van der Waals surface area contributed by atoms with E-state index in [9.17, 15) is 13.2 Å². The Morgan fingerprint density at radius 1 is 1.12 bits per heavy atom. The van der Waals surface area contributed by atoms with Gasteiger partial charge in [0.25, 0.3) is 0 Å². The van der Waals surface area contributed by atoms with E-state index < -0.39 is 12.8 Å². The molecule has 0 radical (unpaired) electrons. The zero-order valence-electron chi connectivity index (χ0n) is 13.0. The summed E-state index contributed by atoms with van der Waals surface area (Å²) in [5, 5.41) is 4.09. The third-order valence-corrected chi connectivity index (χ3v) is 3.01. The zero-order chi connectivity index (χ0) is 17.4. The van der Waals surface area contributed by atoms with Gasteiger partial charge in [0.2, 0.25) is 0 Å². The van der Waals surface area contributed by atoms with Crippen molar-refractivity contribution in [2.45, 2.75) is 12.8 Å². The molecule has 2 aromatic rings. The van der Waals surface area contributed by atoms with Crippen LogP contribution in [0.2, 0.25) is 0 Å². The van der Waals surface area contributed by atoms with Gasteiger partial charge in [-0.15, -0.1) is 0 Å². The molecule has 7 heteroatoms. The molecular formula is C17H17F3N2O2. The Morgan fingerprint density at radius 2 is 1.88 bits per heavy atom. The van der Waals surface area contributed by atoms with Crippen molar-refractivity contribution in [2.24, 2.45) is 5.10 Å². The summed E-state index contributed by atoms with van der Waals surface area (Å²) in [6.07, 6.45) is -2.79. The van der Waals surface area contributed by atoms with Crippen LogP contribution in [0.1, 0.15) is 11.1 Å². The fourth-order valence-electron chi connectivity index (χ4n) is 1.96. The number of halogens is 3. The number of hydrogen-bond acceptors (Lipinski definition) is 4. The number of anilines is 1. The summed E-state index contributed by atoms with van der Waals surface area (Å²) in [5.41, 5.74) is 4.92. The van der Waals surface area contributed by atoms with Crippen LogP contribution in [0, 0.1) is 0 Å². The number of alkyl halides is 3. The second kappa shape index (κ2) is 8.35. The summed E-state index contributed by atoms with van der Waals surface area (Å²) in [5.74, 6) is 0.463. The first-order chi connectivity index (χ1) is 11.5. The molecule has 0 aliphatic carbocycles. The highest BCUT2D eigenvalue weighted by Gasteiger charge is 2.27. The lowest BCUT2D eigenvalue weighted by molar-refractivity contribution is -0.176. The van der Waals surface area contributed by atoms with E-state index in [1.807, 2.05) is 30.3 Å². The Kier molecular flexibility index (Phi) is 6.20. The van der Waals surface area contributed by atoms with Crippen molar-refractivity contribution in [1.82, 2.24) is 0 Å². The number of nitrogens with zero attached hydrogens (tertiary/aromatic N) is 1. The second-order valence-electron chi connectivity index (χ2n) is 4.92. The Bertz CT molecular complexity index is 673. The number of nitrogens with one attached hydrogen (secondary N) is 1. The SMILES string of the molecule is COc1ccc(C=NNc2ccccc2)cc1COCC(F)(F)F. The minimum Gasteiger partial charge on any atom is -0.496 e. The molecule has 0 bridgehead atoms. The van der Waals surface area contributed by atoms with Crippen LogP contribution in [0.25, 0.3) is 0 Å². The fourth-order valence-corrected chi connectivity index (χ4v) is 1.96. The number of hydrogen-bond donors (Lipinski definition) is 1. The molecule has 0 saturated carbocycles. The summed E-state index contributed by atoms with van der Waals surface area (Å²) >= 11 is 0. The van der Waals surface area contributed by atoms with Gasteiger partial charge in [-0.25, -0.2) is 0 Å². The number of ether oxygens (including phenoxy) is 2. The van der Waals surface area contributed by atoms with Gasteiger partial charge in [-0.05, 0) is 35.9 Å². The van der Waals surface area contributed by atoms with Crippen molar-refractivity contribution in [2.75, 3.05) is 19.1 Å². The summed E-state index contributed by atoms with van der Waals surface area (Å²) in [4.78, 5) is 0. The molecule has 0 amide bonds. The number of benzene rings is 2. The molecule has 0 fully saturated rings. The molecule has 0 unspecified atom stereocenters. The van der Waals surface area contributed by atoms with Gasteiger partial charge in [0.1, 0.15) is 12.4 Å². The quantitative estimate of drug-likeness (QED) is 0.607. The first-order valence-corrected chi connectivity index (χ1v) is 7.13. The van der Waals surface area contributed by atoms with Crippen molar-refractivity contribution in [3.05, 3.63) is 59.7 Å². The maximum atomic E-state index is 12.2. The molecule has 0 heterocycles. The van der Waals surface area contributed by atoms with Gasteiger partial charge < -0.3 is 9.47 Å². The summed E-state index contributed by atoms with van der Waals surface area (Å²) < 4.78 is 46.3. The van der Waals surface area contributed by atoms with Crippen LogP contribution in [0.3, 0.4) is 0 Å². The van der Waals surface area contributed by atoms with Crippen LogP contribution in [0.15, 0.2) is 53.6 Å². The van der Waals surface area contributed by atoms with Crippen LogP contribution in [-0.2, 0) is 11.3 Å². The lowest BCUT2D eigenvalue weighted by Crippen LogP contribution is -2.16. The molecule has 1 N–H and O–H groups in total. The maximum absolute atomic E-state index is 12.2. The summed E-state index contributed by atoms with van der Waals surface area (Å²) in [7, 11) is 1.45. The second-order valence-corrected chi connectivity index (χ2v) is 4.92. The molecule has 0 aliphatic heterocycles. The normalized spacial score (nSPS) is 11.7. The van der Waals surface area contributed by atoms with Crippen molar-refractivity contribution < 1.29 is 22.6 Å². The highest BCUT2D eigenvalue weighted by atomic mass is 19.4. The van der Waals surface area contributed by atoms with E-state index >= 15 is 0 Å². The van der Waals surface area contributed by atoms with E-state index in [1.54, 1.807) is 24.4 Å². The van der Waals surface area contributed by atoms with E-state index in [1.165, 1.54) is 7.11 Å². The minimum atomic E-state index is -4.36. The van der Waals surface area contributed by atoms with Gasteiger partial charge in [-0.1, -0.05) is 18.2 Å². The van der Waals surface area contributed by atoms with Crippen molar-refractivity contribution >= 4 is 11.9 Å². The Hall–Kier alpha value is -2.54. The average molecular weight is 338 g/mol. The first kappa shape index (κ1) is 17.8. The smallest absolute Gasteiger partial charge is 0.411 e. The molecule has 0 atom stereocenters. The molecule has 0 aromatic heterocycles. The van der Waals surface area contributed by atoms with Gasteiger partial charge in [0.15, 0.2) is 0 Å². The molecule has 128 valence electrons. The summed E-state index contributed by atoms with van der Waals surface area (Å²) in [6, 6.07) is 14.5. The fraction of sp³-hybridized carbons (Fsp3) is 0.235. The lowest BCUT2D eigenvalue weighted by Gasteiger charge is -2.11. The van der Waals surface area contributed by atoms with Gasteiger partial charge in [0, 0.05) is 5.56 Å². The van der Waals surface area contributed by atoms with Crippen LogP contribution >= 0.6 is 0 Å². The van der Waals surface area contributed by atoms with Crippen molar-refractivity contribution in [1.29, 1.82) is 0 Å². The minimum absolute atomic E-state index is 0.198. The van der Waals surface area contributed by atoms with Gasteiger partial charge >= 0.3 is 6.18 Å². The molecule has 2 aromatic carbocycles. The van der Waals surface area contributed by atoms with Crippen LogP contribution < -0.4 is 10.2 Å². The number of methoxy groups -OCH3 is 1. The van der Waals surface area contributed by atoms with E-state index in [-0.39, 0.29) is 6.61 Å². The van der Waals surface area contributed by atoms with E-state index in [0.29, 0.717) is 16.9 Å². The monoisotopic (exact) mass is 338 g/mol. The highest BCUT2D eigenvalue weighted by Crippen LogP contribution is 2.22. The number of rotatable bonds is 7. The third kappa shape index (κ3) is 5.92. The molecule has 2 rings (SSSR count). The molecular weight excluding hydrogens is 321 g/mol. The molecule has 0 spiro atoms. The maximum Gasteiger partial charge on any atom is 0.411 e. The predicted octanol–water partition coefficient (Wildman–Crippen LogP) is 4.22. The third-order valence-electron chi connectivity index (χ3n) is 3.01. The van der Waals surface area contributed by atoms with Gasteiger partial charge in [-0.3, -0.25) is 5.43 Å². The molecule has 24 heavy (non-hydrogen) atoms. The predicted molar refractivity (Wildman–Crippen MR) is 86.4 cm³/mol. The first-order valence-electron chi connectivity index (χ1n) is 7.13. The van der Waals surface area contributed by atoms with Gasteiger partial charge in [0.05, 0.1) is 25.6 Å². The number of hydrazone groups is 1. The van der Waals surface area contributed by atoms with E-state index in [0.717, 1.165) is 5.69 Å². The highest BCUT2D eigenvalue weighted by molar-refractivity contribution is 5.81. The largest absolute Gasteiger partial charge is 0.496 e.